The third-order valence-corrected chi connectivity index (χ3v) is 3.75. The van der Waals surface area contributed by atoms with Gasteiger partial charge in [0.25, 0.3) is 5.91 Å². The van der Waals surface area contributed by atoms with E-state index in [4.69, 9.17) is 5.73 Å². The number of aromatic hydroxyl groups is 1. The van der Waals surface area contributed by atoms with Crippen LogP contribution in [0.1, 0.15) is 17.3 Å². The lowest BCUT2D eigenvalue weighted by Gasteiger charge is -2.36. The van der Waals surface area contributed by atoms with E-state index in [1.165, 1.54) is 12.1 Å². The molecule has 0 radical (unpaired) electrons. The lowest BCUT2D eigenvalue weighted by Crippen LogP contribution is -2.52. The predicted molar refractivity (Wildman–Crippen MR) is 78.8 cm³/mol. The lowest BCUT2D eigenvalue weighted by molar-refractivity contribution is -0.136. The van der Waals surface area contributed by atoms with Crippen molar-refractivity contribution in [1.29, 1.82) is 0 Å². The summed E-state index contributed by atoms with van der Waals surface area (Å²) in [6, 6.07) is 6.30. The normalized spacial score (nSPS) is 16.7. The molecule has 1 aromatic carbocycles. The van der Waals surface area contributed by atoms with Crippen LogP contribution < -0.4 is 5.73 Å². The van der Waals surface area contributed by atoms with Crippen LogP contribution in [0.4, 0.5) is 0 Å². The molecule has 1 fully saturated rings. The average Bonchev–Trinajstić information content (AvgIpc) is 2.53. The minimum atomic E-state index is -0.182. The Hall–Kier alpha value is -2.08. The van der Waals surface area contributed by atoms with Gasteiger partial charge in [-0.15, -0.1) is 0 Å². The third-order valence-electron chi connectivity index (χ3n) is 3.75. The maximum absolute atomic E-state index is 12.3. The maximum atomic E-state index is 12.3. The molecular formula is C15H21N3O3. The number of piperazine rings is 1. The molecule has 1 heterocycles. The fourth-order valence-corrected chi connectivity index (χ4v) is 2.36. The number of carbonyl (C=O) groups is 2. The summed E-state index contributed by atoms with van der Waals surface area (Å²) in [6.45, 7) is 4.18. The van der Waals surface area contributed by atoms with Crippen molar-refractivity contribution in [3.05, 3.63) is 29.8 Å². The Morgan fingerprint density at radius 3 is 2.43 bits per heavy atom. The van der Waals surface area contributed by atoms with Crippen LogP contribution in [0.2, 0.25) is 0 Å². The molecule has 21 heavy (non-hydrogen) atoms. The molecule has 1 aliphatic heterocycles. The van der Waals surface area contributed by atoms with E-state index in [2.05, 4.69) is 0 Å². The van der Waals surface area contributed by atoms with Crippen LogP contribution in [0, 0.1) is 5.92 Å². The highest BCUT2D eigenvalue weighted by Gasteiger charge is 2.26. The smallest absolute Gasteiger partial charge is 0.254 e. The largest absolute Gasteiger partial charge is 0.508 e. The Balaban J connectivity index is 1.95. The second-order valence-electron chi connectivity index (χ2n) is 5.30. The molecule has 114 valence electrons. The van der Waals surface area contributed by atoms with Crippen LogP contribution in [-0.4, -0.2) is 59.4 Å². The summed E-state index contributed by atoms with van der Waals surface area (Å²) in [5.41, 5.74) is 5.97. The SMILES string of the molecule is CC(CN)C(=O)N1CCN(C(=O)c2cccc(O)c2)CC1. The molecule has 1 atom stereocenters. The molecular weight excluding hydrogens is 270 g/mol. The van der Waals surface area contributed by atoms with Crippen LogP contribution in [0.15, 0.2) is 24.3 Å². The van der Waals surface area contributed by atoms with Gasteiger partial charge in [0.05, 0.1) is 0 Å². The van der Waals surface area contributed by atoms with E-state index < -0.39 is 0 Å². The van der Waals surface area contributed by atoms with Crippen LogP contribution in [0.5, 0.6) is 5.75 Å². The van der Waals surface area contributed by atoms with Gasteiger partial charge in [0.2, 0.25) is 5.91 Å². The highest BCUT2D eigenvalue weighted by Crippen LogP contribution is 2.15. The summed E-state index contributed by atoms with van der Waals surface area (Å²) in [4.78, 5) is 27.8. The van der Waals surface area contributed by atoms with Gasteiger partial charge < -0.3 is 20.6 Å². The molecule has 0 spiro atoms. The van der Waals surface area contributed by atoms with Gasteiger partial charge in [0.1, 0.15) is 5.75 Å². The molecule has 1 saturated heterocycles. The van der Waals surface area contributed by atoms with Crippen LogP contribution in [0.3, 0.4) is 0 Å². The van der Waals surface area contributed by atoms with Crippen molar-refractivity contribution in [1.82, 2.24) is 9.80 Å². The standard InChI is InChI=1S/C15H21N3O3/c1-11(10-16)14(20)17-5-7-18(8-6-17)15(21)12-3-2-4-13(19)9-12/h2-4,9,11,19H,5-8,10,16H2,1H3. The third kappa shape index (κ3) is 3.52. The minimum absolute atomic E-state index is 0.0435. The van der Waals surface area contributed by atoms with Gasteiger partial charge in [0, 0.05) is 44.2 Å². The fraction of sp³-hybridized carbons (Fsp3) is 0.467. The summed E-state index contributed by atoms with van der Waals surface area (Å²) in [5, 5.41) is 9.43. The van der Waals surface area contributed by atoms with E-state index in [9.17, 15) is 14.7 Å². The molecule has 2 rings (SSSR count). The van der Waals surface area contributed by atoms with E-state index in [1.807, 2.05) is 6.92 Å². The van der Waals surface area contributed by atoms with Crippen molar-refractivity contribution in [3.8, 4) is 5.75 Å². The summed E-state index contributed by atoms with van der Waals surface area (Å²) < 4.78 is 0. The molecule has 0 saturated carbocycles. The van der Waals surface area contributed by atoms with Crippen molar-refractivity contribution in [2.45, 2.75) is 6.92 Å². The van der Waals surface area contributed by atoms with Gasteiger partial charge in [-0.1, -0.05) is 13.0 Å². The molecule has 1 unspecified atom stereocenters. The molecule has 6 heteroatoms. The zero-order valence-corrected chi connectivity index (χ0v) is 12.2. The zero-order chi connectivity index (χ0) is 15.4. The van der Waals surface area contributed by atoms with Crippen molar-refractivity contribution < 1.29 is 14.7 Å². The number of phenolic OH excluding ortho intramolecular Hbond substituents is 1. The number of nitrogens with zero attached hydrogens (tertiary/aromatic N) is 2. The molecule has 1 aromatic rings. The van der Waals surface area contributed by atoms with Gasteiger partial charge in [-0.05, 0) is 18.2 Å². The Morgan fingerprint density at radius 1 is 1.24 bits per heavy atom. The first-order valence-corrected chi connectivity index (χ1v) is 7.10. The molecule has 0 aliphatic carbocycles. The highest BCUT2D eigenvalue weighted by atomic mass is 16.3. The quantitative estimate of drug-likeness (QED) is 0.837. The number of nitrogens with two attached hydrogens (primary N) is 1. The second kappa shape index (κ2) is 6.58. The second-order valence-corrected chi connectivity index (χ2v) is 5.30. The number of amides is 2. The van der Waals surface area contributed by atoms with Crippen molar-refractivity contribution >= 4 is 11.8 Å². The first kappa shape index (κ1) is 15.3. The Labute approximate surface area is 124 Å². The van der Waals surface area contributed by atoms with E-state index in [0.29, 0.717) is 38.3 Å². The predicted octanol–water partition coefficient (Wildman–Crippen LogP) is 0.271. The van der Waals surface area contributed by atoms with E-state index in [0.717, 1.165) is 0 Å². The molecule has 6 nitrogen and oxygen atoms in total. The lowest BCUT2D eigenvalue weighted by atomic mass is 10.1. The maximum Gasteiger partial charge on any atom is 0.254 e. The number of phenols is 1. The first-order valence-electron chi connectivity index (χ1n) is 7.10. The van der Waals surface area contributed by atoms with Crippen molar-refractivity contribution in [2.24, 2.45) is 11.7 Å². The average molecular weight is 291 g/mol. The monoisotopic (exact) mass is 291 g/mol. The van der Waals surface area contributed by atoms with E-state index >= 15 is 0 Å². The first-order chi connectivity index (χ1) is 10.0. The molecule has 2 amide bonds. The number of hydrogen-bond acceptors (Lipinski definition) is 4. The van der Waals surface area contributed by atoms with Crippen molar-refractivity contribution in [3.63, 3.8) is 0 Å². The summed E-state index contributed by atoms with van der Waals surface area (Å²) in [7, 11) is 0. The topological polar surface area (TPSA) is 86.9 Å². The van der Waals surface area contributed by atoms with E-state index in [-0.39, 0.29) is 23.5 Å². The van der Waals surface area contributed by atoms with Crippen LogP contribution in [0.25, 0.3) is 0 Å². The number of rotatable bonds is 3. The minimum Gasteiger partial charge on any atom is -0.508 e. The Kier molecular flexibility index (Phi) is 4.80. The molecule has 0 bridgehead atoms. The van der Waals surface area contributed by atoms with Gasteiger partial charge in [-0.3, -0.25) is 9.59 Å². The van der Waals surface area contributed by atoms with Crippen LogP contribution >= 0.6 is 0 Å². The van der Waals surface area contributed by atoms with Gasteiger partial charge in [-0.2, -0.15) is 0 Å². The number of benzene rings is 1. The summed E-state index contributed by atoms with van der Waals surface area (Å²) in [6.07, 6.45) is 0. The summed E-state index contributed by atoms with van der Waals surface area (Å²) >= 11 is 0. The Morgan fingerprint density at radius 2 is 1.86 bits per heavy atom. The van der Waals surface area contributed by atoms with E-state index in [1.54, 1.807) is 21.9 Å². The molecule has 3 N–H and O–H groups in total. The van der Waals surface area contributed by atoms with Crippen molar-refractivity contribution in [2.75, 3.05) is 32.7 Å². The molecule has 1 aliphatic rings. The van der Waals surface area contributed by atoms with Crippen LogP contribution in [-0.2, 0) is 4.79 Å². The Bertz CT molecular complexity index is 525. The molecule has 0 aromatic heterocycles. The number of carbonyl (C=O) groups excluding carboxylic acids is 2. The number of hydrogen-bond donors (Lipinski definition) is 2. The highest BCUT2D eigenvalue weighted by molar-refractivity contribution is 5.94. The van der Waals surface area contributed by atoms with Gasteiger partial charge in [-0.25, -0.2) is 0 Å². The van der Waals surface area contributed by atoms with Gasteiger partial charge >= 0.3 is 0 Å². The fourth-order valence-electron chi connectivity index (χ4n) is 2.36. The summed E-state index contributed by atoms with van der Waals surface area (Å²) in [5.74, 6) is -0.184. The van der Waals surface area contributed by atoms with Gasteiger partial charge in [0.15, 0.2) is 0 Å². The zero-order valence-electron chi connectivity index (χ0n) is 12.2.